The lowest BCUT2D eigenvalue weighted by atomic mass is 9.79. The Bertz CT molecular complexity index is 2980. The van der Waals surface area contributed by atoms with Crippen LogP contribution in [0.15, 0.2) is 200 Å². The molecular formula is C59H49N. The number of hydrogen-bond acceptors (Lipinski definition) is 1. The molecule has 60 heavy (non-hydrogen) atoms. The summed E-state index contributed by atoms with van der Waals surface area (Å²) in [6.07, 6.45) is 10.1. The third-order valence-electron chi connectivity index (χ3n) is 13.0. The van der Waals surface area contributed by atoms with Crippen molar-refractivity contribution in [3.05, 3.63) is 234 Å². The van der Waals surface area contributed by atoms with E-state index in [2.05, 4.69) is 239 Å². The van der Waals surface area contributed by atoms with E-state index in [1.807, 2.05) is 0 Å². The molecule has 0 amide bonds. The zero-order valence-corrected chi connectivity index (χ0v) is 34.9. The van der Waals surface area contributed by atoms with Gasteiger partial charge in [0.15, 0.2) is 0 Å². The predicted octanol–water partition coefficient (Wildman–Crippen LogP) is 15.9. The first-order valence-electron chi connectivity index (χ1n) is 21.3. The van der Waals surface area contributed by atoms with Gasteiger partial charge in [0, 0.05) is 22.4 Å². The molecule has 0 N–H and O–H groups in total. The van der Waals surface area contributed by atoms with Crippen LogP contribution >= 0.6 is 0 Å². The van der Waals surface area contributed by atoms with E-state index < -0.39 is 0 Å². The topological polar surface area (TPSA) is 3.24 Å². The van der Waals surface area contributed by atoms with Crippen LogP contribution in [0.25, 0.3) is 61.4 Å². The van der Waals surface area contributed by atoms with Crippen molar-refractivity contribution >= 4 is 39.4 Å². The molecule has 8 aromatic rings. The zero-order valence-electron chi connectivity index (χ0n) is 34.9. The number of para-hydroxylation sites is 1. The van der Waals surface area contributed by atoms with Gasteiger partial charge in [0.1, 0.15) is 0 Å². The molecule has 0 spiro atoms. The highest BCUT2D eigenvalue weighted by Crippen LogP contribution is 2.52. The molecule has 1 atom stereocenters. The summed E-state index contributed by atoms with van der Waals surface area (Å²) in [7, 11) is 0. The molecule has 10 rings (SSSR count). The van der Waals surface area contributed by atoms with Gasteiger partial charge >= 0.3 is 0 Å². The number of aryl methyl sites for hydroxylation is 1. The summed E-state index contributed by atoms with van der Waals surface area (Å²) in [5.41, 5.74) is 20.5. The van der Waals surface area contributed by atoms with Crippen LogP contribution in [0.4, 0.5) is 11.4 Å². The first kappa shape index (κ1) is 37.3. The molecule has 2 aliphatic rings. The largest absolute Gasteiger partial charge is 0.333 e. The van der Waals surface area contributed by atoms with Gasteiger partial charge in [0.05, 0.1) is 6.04 Å². The van der Waals surface area contributed by atoms with Crippen molar-refractivity contribution in [2.24, 2.45) is 0 Å². The quantitative estimate of drug-likeness (QED) is 0.149. The van der Waals surface area contributed by atoms with E-state index in [9.17, 15) is 0 Å². The van der Waals surface area contributed by atoms with E-state index in [1.165, 1.54) is 94.4 Å². The third-order valence-corrected chi connectivity index (χ3v) is 13.0. The van der Waals surface area contributed by atoms with Gasteiger partial charge in [-0.2, -0.15) is 0 Å². The number of rotatable bonds is 8. The Labute approximate surface area is 355 Å². The normalized spacial score (nSPS) is 15.4. The lowest BCUT2D eigenvalue weighted by Gasteiger charge is -2.39. The zero-order chi connectivity index (χ0) is 40.8. The fourth-order valence-corrected chi connectivity index (χ4v) is 10.2. The molecule has 290 valence electrons. The maximum atomic E-state index is 2.62. The molecule has 1 heteroatoms. The van der Waals surface area contributed by atoms with Crippen molar-refractivity contribution in [2.75, 3.05) is 4.90 Å². The molecule has 0 radical (unpaired) electrons. The SMILES string of the molecule is C/C=C\c1c(C2=CC=C(c3ccccc3)C(N(c3ccc(-c4cccc5c4C(C)(C)c4ccccc4-5)cc3)c3ccccc3-c3ccccc3)C2)cc2ccccc2c1C. The highest BCUT2D eigenvalue weighted by molar-refractivity contribution is 5.97. The van der Waals surface area contributed by atoms with Crippen molar-refractivity contribution in [3.8, 4) is 33.4 Å². The molecule has 0 aromatic heterocycles. The standard InChI is InChI=1S/C59H49N/c1-5-19-48-40(2)47-25-13-12-24-44(47)38-54(48)45-34-37-50(42-22-10-7-11-23-42)57(39-45)60(56-31-17-15-26-49(56)41-20-8-6-9-21-41)46-35-32-43(33-36-46)51-28-18-29-53-52-27-14-16-30-55(52)59(3,4)58(51)53/h5-38,57H,39H2,1-4H3/b19-5-. The average Bonchev–Trinajstić information content (AvgIpc) is 3.54. The molecule has 0 fully saturated rings. The van der Waals surface area contributed by atoms with Crippen molar-refractivity contribution in [3.63, 3.8) is 0 Å². The second kappa shape index (κ2) is 15.3. The summed E-state index contributed by atoms with van der Waals surface area (Å²) in [5.74, 6) is 0. The summed E-state index contributed by atoms with van der Waals surface area (Å²) in [4.78, 5) is 2.62. The Kier molecular flexibility index (Phi) is 9.53. The summed E-state index contributed by atoms with van der Waals surface area (Å²) in [5, 5.41) is 2.58. The fourth-order valence-electron chi connectivity index (χ4n) is 10.2. The van der Waals surface area contributed by atoms with Crippen LogP contribution < -0.4 is 4.90 Å². The summed E-state index contributed by atoms with van der Waals surface area (Å²) in [6.45, 7) is 9.16. The molecular weight excluding hydrogens is 723 g/mol. The van der Waals surface area contributed by atoms with Gasteiger partial charge in [-0.05, 0) is 128 Å². The predicted molar refractivity (Wildman–Crippen MR) is 258 cm³/mol. The Morgan fingerprint density at radius 1 is 0.550 bits per heavy atom. The molecule has 1 nitrogen and oxygen atoms in total. The first-order valence-corrected chi connectivity index (χ1v) is 21.3. The molecule has 0 saturated heterocycles. The van der Waals surface area contributed by atoms with Crippen LogP contribution in [0.1, 0.15) is 60.6 Å². The number of hydrogen-bond donors (Lipinski definition) is 0. The van der Waals surface area contributed by atoms with Gasteiger partial charge in [-0.1, -0.05) is 196 Å². The molecule has 0 bridgehead atoms. The van der Waals surface area contributed by atoms with E-state index in [1.54, 1.807) is 0 Å². The number of nitrogens with zero attached hydrogens (tertiary/aromatic N) is 1. The number of fused-ring (bicyclic) bond motifs is 4. The van der Waals surface area contributed by atoms with Gasteiger partial charge in [0.25, 0.3) is 0 Å². The molecule has 2 aliphatic carbocycles. The van der Waals surface area contributed by atoms with E-state index in [4.69, 9.17) is 0 Å². The van der Waals surface area contributed by atoms with Gasteiger partial charge in [-0.15, -0.1) is 0 Å². The van der Waals surface area contributed by atoms with Crippen molar-refractivity contribution in [1.29, 1.82) is 0 Å². The molecule has 0 saturated carbocycles. The summed E-state index contributed by atoms with van der Waals surface area (Å²) < 4.78 is 0. The lowest BCUT2D eigenvalue weighted by Crippen LogP contribution is -2.34. The molecule has 1 unspecified atom stereocenters. The van der Waals surface area contributed by atoms with E-state index >= 15 is 0 Å². The van der Waals surface area contributed by atoms with Crippen LogP contribution in [0.3, 0.4) is 0 Å². The van der Waals surface area contributed by atoms with Gasteiger partial charge in [0.2, 0.25) is 0 Å². The van der Waals surface area contributed by atoms with E-state index in [0.717, 1.165) is 12.1 Å². The van der Waals surface area contributed by atoms with Crippen molar-refractivity contribution in [2.45, 2.75) is 45.6 Å². The second-order valence-corrected chi connectivity index (χ2v) is 16.8. The fraction of sp³-hybridized carbons (Fsp3) is 0.119. The average molecular weight is 772 g/mol. The van der Waals surface area contributed by atoms with Crippen molar-refractivity contribution in [1.82, 2.24) is 0 Å². The van der Waals surface area contributed by atoms with E-state index in [-0.39, 0.29) is 11.5 Å². The number of anilines is 2. The summed E-state index contributed by atoms with van der Waals surface area (Å²) in [6, 6.07) is 67.2. The minimum Gasteiger partial charge on any atom is -0.333 e. The maximum absolute atomic E-state index is 2.62. The Morgan fingerprint density at radius 2 is 1.17 bits per heavy atom. The van der Waals surface area contributed by atoms with Gasteiger partial charge in [-0.25, -0.2) is 0 Å². The Hall–Kier alpha value is -6.96. The maximum Gasteiger partial charge on any atom is 0.0638 e. The van der Waals surface area contributed by atoms with Crippen LogP contribution in [-0.4, -0.2) is 6.04 Å². The van der Waals surface area contributed by atoms with Gasteiger partial charge < -0.3 is 4.90 Å². The van der Waals surface area contributed by atoms with Crippen LogP contribution in [0, 0.1) is 6.92 Å². The smallest absolute Gasteiger partial charge is 0.0638 e. The number of benzene rings is 8. The lowest BCUT2D eigenvalue weighted by molar-refractivity contribution is 0.662. The Morgan fingerprint density at radius 3 is 1.93 bits per heavy atom. The molecule has 8 aromatic carbocycles. The van der Waals surface area contributed by atoms with Crippen LogP contribution in [-0.2, 0) is 5.41 Å². The Balaban J connectivity index is 1.16. The minimum atomic E-state index is -0.102. The van der Waals surface area contributed by atoms with E-state index in [0.29, 0.717) is 0 Å². The van der Waals surface area contributed by atoms with Crippen LogP contribution in [0.5, 0.6) is 0 Å². The monoisotopic (exact) mass is 771 g/mol. The third kappa shape index (κ3) is 6.33. The van der Waals surface area contributed by atoms with Crippen molar-refractivity contribution < 1.29 is 0 Å². The highest BCUT2D eigenvalue weighted by atomic mass is 15.2. The summed E-state index contributed by atoms with van der Waals surface area (Å²) >= 11 is 0. The van der Waals surface area contributed by atoms with Gasteiger partial charge in [-0.3, -0.25) is 0 Å². The minimum absolute atomic E-state index is 0.0113. The highest BCUT2D eigenvalue weighted by Gasteiger charge is 2.37. The first-order chi connectivity index (χ1) is 29.4. The second-order valence-electron chi connectivity index (χ2n) is 16.8. The molecule has 0 aliphatic heterocycles. The number of allylic oxidation sites excluding steroid dienone is 3. The van der Waals surface area contributed by atoms with Crippen LogP contribution in [0.2, 0.25) is 0 Å². The molecule has 0 heterocycles.